The van der Waals surface area contributed by atoms with Gasteiger partial charge in [0.05, 0.1) is 18.4 Å². The fraction of sp³-hybridized carbons (Fsp3) is 0.222. The Balaban J connectivity index is 1.33. The monoisotopic (exact) mass is 489 g/mol. The van der Waals surface area contributed by atoms with Gasteiger partial charge in [-0.25, -0.2) is 0 Å². The summed E-state index contributed by atoms with van der Waals surface area (Å²) in [4.78, 5) is 40.9. The molecule has 5 rings (SSSR count). The maximum atomic E-state index is 13.5. The van der Waals surface area contributed by atoms with Crippen LogP contribution in [-0.2, 0) is 4.79 Å². The van der Waals surface area contributed by atoms with E-state index in [-0.39, 0.29) is 23.8 Å². The first-order chi connectivity index (χ1) is 16.9. The highest BCUT2D eigenvalue weighted by molar-refractivity contribution is 6.30. The molecule has 0 unspecified atom stereocenters. The van der Waals surface area contributed by atoms with Crippen LogP contribution in [0.3, 0.4) is 0 Å². The minimum Gasteiger partial charge on any atom is -0.497 e. The molecule has 7 nitrogen and oxygen atoms in total. The van der Waals surface area contributed by atoms with Gasteiger partial charge >= 0.3 is 0 Å². The van der Waals surface area contributed by atoms with E-state index in [0.29, 0.717) is 47.0 Å². The molecule has 3 aromatic rings. The molecule has 35 heavy (non-hydrogen) atoms. The van der Waals surface area contributed by atoms with Crippen LogP contribution in [0.25, 0.3) is 11.1 Å². The molecule has 0 aliphatic carbocycles. The zero-order chi connectivity index (χ0) is 24.5. The van der Waals surface area contributed by atoms with Gasteiger partial charge in [0.15, 0.2) is 0 Å². The first-order valence-electron chi connectivity index (χ1n) is 11.4. The van der Waals surface area contributed by atoms with Crippen molar-refractivity contribution >= 4 is 35.0 Å². The summed E-state index contributed by atoms with van der Waals surface area (Å²) in [6.45, 7) is 0.370. The number of hydrogen-bond donors (Lipinski definition) is 2. The van der Waals surface area contributed by atoms with Crippen LogP contribution in [0.4, 0.5) is 5.69 Å². The molecule has 2 heterocycles. The van der Waals surface area contributed by atoms with E-state index in [1.807, 2.05) is 18.2 Å². The topological polar surface area (TPSA) is 87.7 Å². The summed E-state index contributed by atoms with van der Waals surface area (Å²) in [7, 11) is 1.57. The van der Waals surface area contributed by atoms with Gasteiger partial charge in [-0.3, -0.25) is 14.4 Å². The Kier molecular flexibility index (Phi) is 6.17. The summed E-state index contributed by atoms with van der Waals surface area (Å²) >= 11 is 6.00. The Morgan fingerprint density at radius 2 is 1.74 bits per heavy atom. The zero-order valence-electron chi connectivity index (χ0n) is 19.1. The predicted molar refractivity (Wildman–Crippen MR) is 134 cm³/mol. The van der Waals surface area contributed by atoms with Crippen LogP contribution in [0, 0.1) is 0 Å². The largest absolute Gasteiger partial charge is 0.497 e. The first-order valence-corrected chi connectivity index (χ1v) is 11.8. The van der Waals surface area contributed by atoms with Crippen LogP contribution >= 0.6 is 11.6 Å². The van der Waals surface area contributed by atoms with Gasteiger partial charge in [-0.15, -0.1) is 0 Å². The number of halogens is 1. The second-order valence-corrected chi connectivity index (χ2v) is 9.13. The lowest BCUT2D eigenvalue weighted by Gasteiger charge is -2.37. The number of methoxy groups -OCH3 is 1. The highest BCUT2D eigenvalue weighted by Crippen LogP contribution is 2.32. The number of hydrogen-bond acceptors (Lipinski definition) is 4. The summed E-state index contributed by atoms with van der Waals surface area (Å²) < 4.78 is 5.14. The van der Waals surface area contributed by atoms with Crippen molar-refractivity contribution in [3.05, 3.63) is 82.9 Å². The van der Waals surface area contributed by atoms with Gasteiger partial charge in [-0.2, -0.15) is 0 Å². The van der Waals surface area contributed by atoms with Crippen LogP contribution < -0.4 is 15.4 Å². The molecule has 2 aliphatic heterocycles. The summed E-state index contributed by atoms with van der Waals surface area (Å²) in [6, 6.07) is 18.8. The number of rotatable bonds is 4. The Bertz CT molecular complexity index is 1290. The fourth-order valence-corrected chi connectivity index (χ4v) is 4.75. The van der Waals surface area contributed by atoms with Crippen molar-refractivity contribution in [2.24, 2.45) is 0 Å². The number of carbonyl (C=O) groups excluding carboxylic acids is 3. The Labute approximate surface area is 208 Å². The van der Waals surface area contributed by atoms with Crippen LogP contribution in [0.2, 0.25) is 5.02 Å². The molecule has 3 aromatic carbocycles. The minimum absolute atomic E-state index is 0.195. The molecule has 2 aliphatic rings. The van der Waals surface area contributed by atoms with Crippen molar-refractivity contribution in [1.29, 1.82) is 0 Å². The van der Waals surface area contributed by atoms with E-state index >= 15 is 0 Å². The molecule has 2 N–H and O–H groups in total. The molecule has 3 amide bonds. The quantitative estimate of drug-likeness (QED) is 0.569. The number of nitrogens with zero attached hydrogens (tertiary/aromatic N) is 1. The number of anilines is 1. The molecule has 0 spiro atoms. The summed E-state index contributed by atoms with van der Waals surface area (Å²) in [6.07, 6.45) is 0.904. The maximum absolute atomic E-state index is 13.5. The van der Waals surface area contributed by atoms with E-state index in [1.54, 1.807) is 60.5 Å². The molecule has 8 heteroatoms. The number of fused-ring (bicyclic) bond motifs is 2. The average Bonchev–Trinajstić information content (AvgIpc) is 2.98. The van der Waals surface area contributed by atoms with Crippen molar-refractivity contribution in [3.63, 3.8) is 0 Å². The molecule has 1 saturated heterocycles. The molecule has 0 bridgehead atoms. The van der Waals surface area contributed by atoms with Gasteiger partial charge in [-0.05, 0) is 72.5 Å². The Morgan fingerprint density at radius 1 is 1.03 bits per heavy atom. The number of benzene rings is 3. The highest BCUT2D eigenvalue weighted by Gasteiger charge is 2.40. The summed E-state index contributed by atoms with van der Waals surface area (Å²) in [5.74, 6) is 0.00321. The lowest BCUT2D eigenvalue weighted by molar-refractivity contribution is -0.121. The molecule has 2 atom stereocenters. The highest BCUT2D eigenvalue weighted by atomic mass is 35.5. The molecule has 0 aromatic heterocycles. The Morgan fingerprint density at radius 3 is 2.46 bits per heavy atom. The maximum Gasteiger partial charge on any atom is 0.256 e. The van der Waals surface area contributed by atoms with Crippen LogP contribution in [0.15, 0.2) is 66.7 Å². The van der Waals surface area contributed by atoms with Crippen molar-refractivity contribution in [1.82, 2.24) is 10.2 Å². The fourth-order valence-electron chi connectivity index (χ4n) is 4.62. The van der Waals surface area contributed by atoms with Crippen molar-refractivity contribution in [2.45, 2.75) is 24.9 Å². The number of amides is 3. The minimum atomic E-state index is -0.663. The predicted octanol–water partition coefficient (Wildman–Crippen LogP) is 4.37. The second-order valence-electron chi connectivity index (χ2n) is 8.69. The third kappa shape index (κ3) is 4.59. The van der Waals surface area contributed by atoms with E-state index in [4.69, 9.17) is 16.3 Å². The molecule has 0 radical (unpaired) electrons. The van der Waals surface area contributed by atoms with Gasteiger partial charge in [0.2, 0.25) is 5.91 Å². The van der Waals surface area contributed by atoms with Gasteiger partial charge in [0.1, 0.15) is 11.8 Å². The van der Waals surface area contributed by atoms with Crippen LogP contribution in [-0.4, -0.2) is 48.4 Å². The van der Waals surface area contributed by atoms with Crippen LogP contribution in [0.1, 0.15) is 33.6 Å². The zero-order valence-corrected chi connectivity index (χ0v) is 19.8. The normalized spacial score (nSPS) is 19.2. The number of carbonyl (C=O) groups is 3. The lowest BCUT2D eigenvalue weighted by Crippen LogP contribution is -2.55. The number of piperidine rings is 1. The third-order valence-electron chi connectivity index (χ3n) is 6.54. The van der Waals surface area contributed by atoms with Gasteiger partial charge in [0.25, 0.3) is 11.8 Å². The van der Waals surface area contributed by atoms with Gasteiger partial charge in [-0.1, -0.05) is 29.8 Å². The second kappa shape index (κ2) is 9.43. The van der Waals surface area contributed by atoms with Gasteiger partial charge < -0.3 is 20.3 Å². The van der Waals surface area contributed by atoms with E-state index < -0.39 is 6.04 Å². The van der Waals surface area contributed by atoms with Crippen molar-refractivity contribution < 1.29 is 19.1 Å². The molecule has 0 saturated carbocycles. The smallest absolute Gasteiger partial charge is 0.256 e. The number of ether oxygens (including phenoxy) is 1. The van der Waals surface area contributed by atoms with Crippen LogP contribution in [0.5, 0.6) is 5.75 Å². The first kappa shape index (κ1) is 22.9. The molecule has 1 fully saturated rings. The average molecular weight is 490 g/mol. The van der Waals surface area contributed by atoms with E-state index in [1.165, 1.54) is 0 Å². The summed E-state index contributed by atoms with van der Waals surface area (Å²) in [5, 5.41) is 6.55. The Hall–Kier alpha value is -3.84. The van der Waals surface area contributed by atoms with E-state index in [9.17, 15) is 14.4 Å². The molecule has 178 valence electrons. The van der Waals surface area contributed by atoms with Gasteiger partial charge in [0, 0.05) is 23.2 Å². The van der Waals surface area contributed by atoms with E-state index in [0.717, 1.165) is 11.1 Å². The third-order valence-corrected chi connectivity index (χ3v) is 6.79. The van der Waals surface area contributed by atoms with E-state index in [2.05, 4.69) is 10.6 Å². The number of nitrogens with one attached hydrogen (secondary N) is 2. The van der Waals surface area contributed by atoms with Crippen molar-refractivity contribution in [3.8, 4) is 16.9 Å². The standard InChI is InChI=1S/C27H24ClN3O4/c1-35-21-9-4-17(5-10-21)25(32)29-20-12-13-31-24(15-20)26(33)30-23-11-6-18(14-22(23)27(31)34)16-2-7-19(28)8-3-16/h2-11,14,20,24H,12-13,15H2,1H3,(H,29,32)(H,30,33)/t20-,24-/m0/s1. The molecular formula is C27H24ClN3O4. The lowest BCUT2D eigenvalue weighted by atomic mass is 9.95. The SMILES string of the molecule is COc1ccc(C(=O)N[C@H]2CCN3C(=O)c4cc(-c5ccc(Cl)cc5)ccc4NC(=O)[C@@H]3C2)cc1. The molecular weight excluding hydrogens is 466 g/mol. The van der Waals surface area contributed by atoms with Crippen molar-refractivity contribution in [2.75, 3.05) is 19.0 Å². The summed E-state index contributed by atoms with van der Waals surface area (Å²) in [5.41, 5.74) is 3.25.